The van der Waals surface area contributed by atoms with E-state index >= 15 is 0 Å². The molecule has 1 aromatic carbocycles. The van der Waals surface area contributed by atoms with Crippen molar-refractivity contribution in [1.29, 1.82) is 0 Å². The second-order valence-electron chi connectivity index (χ2n) is 6.30. The summed E-state index contributed by atoms with van der Waals surface area (Å²) < 4.78 is 16.7. The molecule has 1 aliphatic rings. The molecule has 1 fully saturated rings. The first-order valence-corrected chi connectivity index (χ1v) is 9.57. The van der Waals surface area contributed by atoms with E-state index in [0.717, 1.165) is 58.0 Å². The first-order valence-electron chi connectivity index (χ1n) is 9.19. The summed E-state index contributed by atoms with van der Waals surface area (Å²) in [6.07, 6.45) is 0.941. The number of nitrogens with zero attached hydrogens (tertiary/aromatic N) is 2. The van der Waals surface area contributed by atoms with Crippen LogP contribution in [0.15, 0.2) is 12.1 Å². The largest absolute Gasteiger partial charge is 0.490 e. The molecule has 6 heteroatoms. The third kappa shape index (κ3) is 6.33. The van der Waals surface area contributed by atoms with Crippen molar-refractivity contribution in [2.24, 2.45) is 0 Å². The summed E-state index contributed by atoms with van der Waals surface area (Å²) in [7, 11) is 1.75. The number of methoxy groups -OCH3 is 1. The Kier molecular flexibility index (Phi) is 8.82. The third-order valence-electron chi connectivity index (χ3n) is 4.30. The van der Waals surface area contributed by atoms with Gasteiger partial charge in [-0.05, 0) is 31.0 Å². The molecule has 142 valence electrons. The highest BCUT2D eigenvalue weighted by Crippen LogP contribution is 2.37. The van der Waals surface area contributed by atoms with Crippen molar-refractivity contribution in [1.82, 2.24) is 9.80 Å². The topological polar surface area (TPSA) is 34.2 Å². The minimum absolute atomic E-state index is 0.598. The van der Waals surface area contributed by atoms with Crippen LogP contribution in [0.25, 0.3) is 0 Å². The zero-order chi connectivity index (χ0) is 18.1. The van der Waals surface area contributed by atoms with Gasteiger partial charge in [0.15, 0.2) is 11.5 Å². The van der Waals surface area contributed by atoms with Gasteiger partial charge in [0, 0.05) is 46.4 Å². The zero-order valence-corrected chi connectivity index (χ0v) is 16.5. The van der Waals surface area contributed by atoms with Crippen LogP contribution in [-0.4, -0.2) is 69.5 Å². The Morgan fingerprint density at radius 3 is 2.36 bits per heavy atom. The molecule has 0 spiro atoms. The lowest BCUT2D eigenvalue weighted by Gasteiger charge is -2.34. The molecule has 1 aromatic rings. The Balaban J connectivity index is 1.98. The van der Waals surface area contributed by atoms with Crippen molar-refractivity contribution >= 4 is 11.6 Å². The van der Waals surface area contributed by atoms with Gasteiger partial charge in [-0.1, -0.05) is 18.5 Å². The molecule has 1 heterocycles. The fourth-order valence-electron chi connectivity index (χ4n) is 2.97. The Morgan fingerprint density at radius 1 is 1.00 bits per heavy atom. The quantitative estimate of drug-likeness (QED) is 0.631. The van der Waals surface area contributed by atoms with Gasteiger partial charge in [0.05, 0.1) is 24.8 Å². The first kappa shape index (κ1) is 20.3. The van der Waals surface area contributed by atoms with Crippen LogP contribution in [0.2, 0.25) is 5.02 Å². The SMILES string of the molecule is CCCOc1c(Cl)cc(CN2CCN(CCOC)CC2)cc1OCC. The average molecular weight is 371 g/mol. The molecule has 1 saturated heterocycles. The van der Waals surface area contributed by atoms with E-state index < -0.39 is 0 Å². The number of benzene rings is 1. The summed E-state index contributed by atoms with van der Waals surface area (Å²) in [5.74, 6) is 1.41. The Bertz CT molecular complexity index is 520. The summed E-state index contributed by atoms with van der Waals surface area (Å²) in [6, 6.07) is 4.07. The predicted octanol–water partition coefficient (Wildman–Crippen LogP) is 3.29. The van der Waals surface area contributed by atoms with Crippen LogP contribution in [0.5, 0.6) is 11.5 Å². The van der Waals surface area contributed by atoms with Crippen LogP contribution >= 0.6 is 11.6 Å². The number of piperazine rings is 1. The van der Waals surface area contributed by atoms with Gasteiger partial charge in [-0.15, -0.1) is 0 Å². The zero-order valence-electron chi connectivity index (χ0n) is 15.7. The molecule has 0 aliphatic carbocycles. The number of ether oxygens (including phenoxy) is 3. The maximum absolute atomic E-state index is 6.46. The average Bonchev–Trinajstić information content (AvgIpc) is 2.61. The standard InChI is InChI=1S/C19H31ClN2O3/c1-4-11-25-19-17(20)13-16(14-18(19)24-5-2)15-22-8-6-21(7-9-22)10-12-23-3/h13-14H,4-12,15H2,1-3H3. The third-order valence-corrected chi connectivity index (χ3v) is 4.58. The molecule has 1 aliphatic heterocycles. The summed E-state index contributed by atoms with van der Waals surface area (Å²) in [6.45, 7) is 12.2. The molecule has 0 amide bonds. The molecular weight excluding hydrogens is 340 g/mol. The lowest BCUT2D eigenvalue weighted by atomic mass is 10.1. The molecule has 0 bridgehead atoms. The highest BCUT2D eigenvalue weighted by Gasteiger charge is 2.18. The van der Waals surface area contributed by atoms with Crippen molar-refractivity contribution in [3.05, 3.63) is 22.7 Å². The van der Waals surface area contributed by atoms with Crippen molar-refractivity contribution < 1.29 is 14.2 Å². The molecule has 5 nitrogen and oxygen atoms in total. The fourth-order valence-corrected chi connectivity index (χ4v) is 3.26. The smallest absolute Gasteiger partial charge is 0.179 e. The Morgan fingerprint density at radius 2 is 1.72 bits per heavy atom. The van der Waals surface area contributed by atoms with Gasteiger partial charge in [0.2, 0.25) is 0 Å². The van der Waals surface area contributed by atoms with E-state index in [-0.39, 0.29) is 0 Å². The monoisotopic (exact) mass is 370 g/mol. The fraction of sp³-hybridized carbons (Fsp3) is 0.684. The molecule has 0 radical (unpaired) electrons. The summed E-state index contributed by atoms with van der Waals surface area (Å²) in [5, 5.41) is 0.633. The van der Waals surface area contributed by atoms with Crippen LogP contribution in [-0.2, 0) is 11.3 Å². The normalized spacial score (nSPS) is 16.2. The second kappa shape index (κ2) is 10.9. The van der Waals surface area contributed by atoms with E-state index in [1.54, 1.807) is 7.11 Å². The van der Waals surface area contributed by atoms with Crippen LogP contribution in [0.4, 0.5) is 0 Å². The Hall–Kier alpha value is -1.01. The number of hydrogen-bond donors (Lipinski definition) is 0. The summed E-state index contributed by atoms with van der Waals surface area (Å²) in [4.78, 5) is 4.90. The van der Waals surface area contributed by atoms with Gasteiger partial charge in [-0.2, -0.15) is 0 Å². The Labute approximate surface area is 156 Å². The minimum atomic E-state index is 0.598. The van der Waals surface area contributed by atoms with E-state index in [2.05, 4.69) is 22.8 Å². The highest BCUT2D eigenvalue weighted by molar-refractivity contribution is 6.32. The first-order chi connectivity index (χ1) is 12.2. The van der Waals surface area contributed by atoms with Crippen molar-refractivity contribution in [3.8, 4) is 11.5 Å². The van der Waals surface area contributed by atoms with Crippen LogP contribution in [0.3, 0.4) is 0 Å². The highest BCUT2D eigenvalue weighted by atomic mass is 35.5. The predicted molar refractivity (Wildman–Crippen MR) is 102 cm³/mol. The van der Waals surface area contributed by atoms with Crippen molar-refractivity contribution in [2.75, 3.05) is 59.7 Å². The molecule has 2 rings (SSSR count). The molecule has 0 N–H and O–H groups in total. The summed E-state index contributed by atoms with van der Waals surface area (Å²) in [5.41, 5.74) is 1.17. The molecule has 0 saturated carbocycles. The lowest BCUT2D eigenvalue weighted by molar-refractivity contribution is 0.0937. The van der Waals surface area contributed by atoms with E-state index in [1.807, 2.05) is 13.0 Å². The van der Waals surface area contributed by atoms with Gasteiger partial charge < -0.3 is 14.2 Å². The molecule has 0 aromatic heterocycles. The maximum Gasteiger partial charge on any atom is 0.179 e. The minimum Gasteiger partial charge on any atom is -0.490 e. The number of rotatable bonds is 10. The van der Waals surface area contributed by atoms with Gasteiger partial charge in [0.1, 0.15) is 0 Å². The van der Waals surface area contributed by atoms with Crippen molar-refractivity contribution in [3.63, 3.8) is 0 Å². The molecule has 25 heavy (non-hydrogen) atoms. The second-order valence-corrected chi connectivity index (χ2v) is 6.70. The molecule has 0 unspecified atom stereocenters. The van der Waals surface area contributed by atoms with Crippen molar-refractivity contribution in [2.45, 2.75) is 26.8 Å². The van der Waals surface area contributed by atoms with E-state index in [0.29, 0.717) is 24.0 Å². The van der Waals surface area contributed by atoms with E-state index in [9.17, 15) is 0 Å². The molecular formula is C19H31ClN2O3. The number of halogens is 1. The number of hydrogen-bond acceptors (Lipinski definition) is 5. The van der Waals surface area contributed by atoms with E-state index in [4.69, 9.17) is 25.8 Å². The van der Waals surface area contributed by atoms with Gasteiger partial charge >= 0.3 is 0 Å². The van der Waals surface area contributed by atoms with Crippen LogP contribution in [0.1, 0.15) is 25.8 Å². The maximum atomic E-state index is 6.46. The lowest BCUT2D eigenvalue weighted by Crippen LogP contribution is -2.46. The van der Waals surface area contributed by atoms with Crippen LogP contribution < -0.4 is 9.47 Å². The van der Waals surface area contributed by atoms with Gasteiger partial charge in [0.25, 0.3) is 0 Å². The summed E-state index contributed by atoms with van der Waals surface area (Å²) >= 11 is 6.46. The van der Waals surface area contributed by atoms with Gasteiger partial charge in [-0.25, -0.2) is 0 Å². The van der Waals surface area contributed by atoms with Gasteiger partial charge in [-0.3, -0.25) is 9.80 Å². The van der Waals surface area contributed by atoms with E-state index in [1.165, 1.54) is 5.56 Å². The van der Waals surface area contributed by atoms with Crippen LogP contribution in [0, 0.1) is 0 Å². The molecule has 0 atom stereocenters.